The SMILES string of the molecule is CCCCC/C=C(/CCl)CC/C=C(/C)CN1CCN(C)CC1. The van der Waals surface area contributed by atoms with E-state index in [-0.39, 0.29) is 0 Å². The topological polar surface area (TPSA) is 6.48 Å². The number of likely N-dealkylation sites (N-methyl/N-ethyl adjacent to an activating group) is 1. The molecule has 0 aromatic heterocycles. The van der Waals surface area contributed by atoms with Crippen molar-refractivity contribution in [3.8, 4) is 0 Å². The average Bonchev–Trinajstić information content (AvgIpc) is 2.52. The van der Waals surface area contributed by atoms with E-state index in [2.05, 4.69) is 42.8 Å². The molecular formula is C19H35ClN2. The summed E-state index contributed by atoms with van der Waals surface area (Å²) in [5.74, 6) is 0.692. The van der Waals surface area contributed by atoms with Crippen molar-refractivity contribution in [2.75, 3.05) is 45.7 Å². The molecule has 0 radical (unpaired) electrons. The Hall–Kier alpha value is -0.310. The zero-order chi connectivity index (χ0) is 16.2. The van der Waals surface area contributed by atoms with Crippen molar-refractivity contribution in [1.82, 2.24) is 9.80 Å². The summed E-state index contributed by atoms with van der Waals surface area (Å²) >= 11 is 6.06. The van der Waals surface area contributed by atoms with Crippen molar-refractivity contribution in [3.05, 3.63) is 23.3 Å². The van der Waals surface area contributed by atoms with Crippen molar-refractivity contribution >= 4 is 11.6 Å². The Balaban J connectivity index is 2.24. The number of allylic oxidation sites excluding steroid dienone is 3. The van der Waals surface area contributed by atoms with Gasteiger partial charge in [0.15, 0.2) is 0 Å². The van der Waals surface area contributed by atoms with Crippen molar-refractivity contribution in [3.63, 3.8) is 0 Å². The van der Waals surface area contributed by atoms with Crippen LogP contribution in [0.3, 0.4) is 0 Å². The van der Waals surface area contributed by atoms with Crippen LogP contribution in [0.1, 0.15) is 52.4 Å². The second kappa shape index (κ2) is 12.2. The molecule has 1 fully saturated rings. The van der Waals surface area contributed by atoms with Crippen LogP contribution in [0.5, 0.6) is 0 Å². The van der Waals surface area contributed by atoms with Gasteiger partial charge in [-0.3, -0.25) is 4.90 Å². The highest BCUT2D eigenvalue weighted by Gasteiger charge is 2.13. The lowest BCUT2D eigenvalue weighted by molar-refractivity contribution is 0.164. The highest BCUT2D eigenvalue weighted by Crippen LogP contribution is 2.13. The molecule has 0 unspecified atom stereocenters. The van der Waals surface area contributed by atoms with Gasteiger partial charge >= 0.3 is 0 Å². The van der Waals surface area contributed by atoms with Crippen LogP contribution in [-0.2, 0) is 0 Å². The maximum Gasteiger partial charge on any atom is 0.0433 e. The van der Waals surface area contributed by atoms with E-state index in [9.17, 15) is 0 Å². The van der Waals surface area contributed by atoms with E-state index in [1.54, 1.807) is 0 Å². The zero-order valence-corrected chi connectivity index (χ0v) is 15.7. The van der Waals surface area contributed by atoms with Crippen LogP contribution in [0.25, 0.3) is 0 Å². The lowest BCUT2D eigenvalue weighted by Crippen LogP contribution is -2.44. The number of hydrogen-bond donors (Lipinski definition) is 0. The zero-order valence-electron chi connectivity index (χ0n) is 14.9. The van der Waals surface area contributed by atoms with Crippen molar-refractivity contribution in [2.45, 2.75) is 52.4 Å². The Labute approximate surface area is 143 Å². The predicted molar refractivity (Wildman–Crippen MR) is 99.9 cm³/mol. The minimum Gasteiger partial charge on any atom is -0.304 e. The number of halogens is 1. The molecule has 0 amide bonds. The van der Waals surface area contributed by atoms with Gasteiger partial charge in [-0.15, -0.1) is 11.6 Å². The standard InChI is InChI=1S/C19H35ClN2/c1-4-5-6-7-10-19(16-20)11-8-9-18(2)17-22-14-12-21(3)13-15-22/h9-10H,4-8,11-17H2,1-3H3/b18-9-,19-10+. The molecule has 0 aliphatic carbocycles. The van der Waals surface area contributed by atoms with Crippen molar-refractivity contribution in [2.24, 2.45) is 0 Å². The Kier molecular flexibility index (Phi) is 10.9. The molecule has 128 valence electrons. The van der Waals surface area contributed by atoms with Gasteiger partial charge in [0, 0.05) is 38.6 Å². The fraction of sp³-hybridized carbons (Fsp3) is 0.789. The molecule has 2 nitrogen and oxygen atoms in total. The summed E-state index contributed by atoms with van der Waals surface area (Å²) in [6.45, 7) is 10.4. The second-order valence-electron chi connectivity index (χ2n) is 6.66. The van der Waals surface area contributed by atoms with Gasteiger partial charge in [0.05, 0.1) is 0 Å². The summed E-state index contributed by atoms with van der Waals surface area (Å²) in [7, 11) is 2.21. The first-order valence-electron chi connectivity index (χ1n) is 8.96. The van der Waals surface area contributed by atoms with Crippen LogP contribution < -0.4 is 0 Å². The normalized spacial score (nSPS) is 18.9. The van der Waals surface area contributed by atoms with Crippen molar-refractivity contribution in [1.29, 1.82) is 0 Å². The minimum absolute atomic E-state index is 0.692. The monoisotopic (exact) mass is 326 g/mol. The third kappa shape index (κ3) is 8.97. The fourth-order valence-corrected chi connectivity index (χ4v) is 3.09. The highest BCUT2D eigenvalue weighted by molar-refractivity contribution is 6.19. The largest absolute Gasteiger partial charge is 0.304 e. The summed E-state index contributed by atoms with van der Waals surface area (Å²) in [6, 6.07) is 0. The maximum atomic E-state index is 6.06. The van der Waals surface area contributed by atoms with Crippen LogP contribution in [-0.4, -0.2) is 55.5 Å². The molecule has 0 spiro atoms. The molecule has 0 aromatic rings. The van der Waals surface area contributed by atoms with E-state index in [1.807, 2.05) is 0 Å². The summed E-state index contributed by atoms with van der Waals surface area (Å²) in [5.41, 5.74) is 2.92. The Morgan fingerprint density at radius 1 is 1.05 bits per heavy atom. The first kappa shape index (κ1) is 19.7. The third-order valence-electron chi connectivity index (χ3n) is 4.44. The molecule has 0 atom stereocenters. The minimum atomic E-state index is 0.692. The Bertz CT molecular complexity index is 341. The molecule has 3 heteroatoms. The summed E-state index contributed by atoms with van der Waals surface area (Å²) in [6.07, 6.45) is 12.1. The average molecular weight is 327 g/mol. The van der Waals surface area contributed by atoms with E-state index in [4.69, 9.17) is 11.6 Å². The smallest absolute Gasteiger partial charge is 0.0433 e. The molecular weight excluding hydrogens is 292 g/mol. The summed E-state index contributed by atoms with van der Waals surface area (Å²) in [5, 5.41) is 0. The van der Waals surface area contributed by atoms with Gasteiger partial charge in [0.2, 0.25) is 0 Å². The van der Waals surface area contributed by atoms with E-state index in [0.717, 1.165) is 19.4 Å². The van der Waals surface area contributed by atoms with E-state index in [1.165, 1.54) is 63.0 Å². The van der Waals surface area contributed by atoms with Gasteiger partial charge in [0.25, 0.3) is 0 Å². The summed E-state index contributed by atoms with van der Waals surface area (Å²) in [4.78, 5) is 4.97. The van der Waals surface area contributed by atoms with Gasteiger partial charge < -0.3 is 4.90 Å². The third-order valence-corrected chi connectivity index (χ3v) is 4.78. The van der Waals surface area contributed by atoms with E-state index < -0.39 is 0 Å². The number of unbranched alkanes of at least 4 members (excludes halogenated alkanes) is 3. The van der Waals surface area contributed by atoms with E-state index >= 15 is 0 Å². The fourth-order valence-electron chi connectivity index (χ4n) is 2.85. The van der Waals surface area contributed by atoms with Gasteiger partial charge in [-0.05, 0) is 39.7 Å². The van der Waals surface area contributed by atoms with Crippen molar-refractivity contribution < 1.29 is 0 Å². The highest BCUT2D eigenvalue weighted by atomic mass is 35.5. The first-order chi connectivity index (χ1) is 10.7. The van der Waals surface area contributed by atoms with Gasteiger partial charge in [0.1, 0.15) is 0 Å². The van der Waals surface area contributed by atoms with Gasteiger partial charge in [-0.2, -0.15) is 0 Å². The van der Waals surface area contributed by atoms with Crippen LogP contribution in [0.15, 0.2) is 23.3 Å². The Morgan fingerprint density at radius 3 is 2.41 bits per heavy atom. The molecule has 1 rings (SSSR count). The Morgan fingerprint density at radius 2 is 1.77 bits per heavy atom. The molecule has 1 heterocycles. The number of alkyl halides is 1. The lowest BCUT2D eigenvalue weighted by atomic mass is 10.1. The van der Waals surface area contributed by atoms with Gasteiger partial charge in [-0.25, -0.2) is 0 Å². The number of piperazine rings is 1. The molecule has 1 aliphatic heterocycles. The molecule has 0 saturated carbocycles. The quantitative estimate of drug-likeness (QED) is 0.326. The number of nitrogens with zero attached hydrogens (tertiary/aromatic N) is 2. The molecule has 0 N–H and O–H groups in total. The van der Waals surface area contributed by atoms with Crippen LogP contribution in [0, 0.1) is 0 Å². The molecule has 0 aromatic carbocycles. The number of hydrogen-bond acceptors (Lipinski definition) is 2. The van der Waals surface area contributed by atoms with Crippen LogP contribution in [0.4, 0.5) is 0 Å². The molecule has 1 aliphatic rings. The molecule has 1 saturated heterocycles. The maximum absolute atomic E-state index is 6.06. The number of rotatable bonds is 10. The van der Waals surface area contributed by atoms with Crippen LogP contribution in [0.2, 0.25) is 0 Å². The summed E-state index contributed by atoms with van der Waals surface area (Å²) < 4.78 is 0. The lowest BCUT2D eigenvalue weighted by Gasteiger charge is -2.32. The molecule has 22 heavy (non-hydrogen) atoms. The predicted octanol–water partition coefficient (Wildman–Crippen LogP) is 4.71. The second-order valence-corrected chi connectivity index (χ2v) is 6.93. The first-order valence-corrected chi connectivity index (χ1v) is 9.49. The van der Waals surface area contributed by atoms with Crippen LogP contribution >= 0.6 is 11.6 Å². The van der Waals surface area contributed by atoms with E-state index in [0.29, 0.717) is 5.88 Å². The molecule has 0 bridgehead atoms. The van der Waals surface area contributed by atoms with Gasteiger partial charge in [-0.1, -0.05) is 43.1 Å².